The summed E-state index contributed by atoms with van der Waals surface area (Å²) in [6.07, 6.45) is 4.67. The van der Waals surface area contributed by atoms with Crippen LogP contribution in [0.3, 0.4) is 0 Å². The average molecular weight is 375 g/mol. The van der Waals surface area contributed by atoms with Crippen molar-refractivity contribution in [3.8, 4) is 0 Å². The summed E-state index contributed by atoms with van der Waals surface area (Å²) >= 11 is 0. The zero-order valence-corrected chi connectivity index (χ0v) is 17.3. The monoisotopic (exact) mass is 374 g/mol. The van der Waals surface area contributed by atoms with Crippen molar-refractivity contribution in [3.05, 3.63) is 24.3 Å². The van der Waals surface area contributed by atoms with Gasteiger partial charge in [0.25, 0.3) is 0 Å². The first-order valence-electron chi connectivity index (χ1n) is 9.85. The maximum absolute atomic E-state index is 12.3. The van der Waals surface area contributed by atoms with E-state index in [1.54, 1.807) is 24.3 Å². The van der Waals surface area contributed by atoms with Gasteiger partial charge in [-0.25, -0.2) is 4.79 Å². The van der Waals surface area contributed by atoms with Crippen molar-refractivity contribution in [1.82, 2.24) is 10.2 Å². The molecule has 6 nitrogen and oxygen atoms in total. The molecule has 0 aromatic heterocycles. The first-order valence-corrected chi connectivity index (χ1v) is 9.85. The van der Waals surface area contributed by atoms with Gasteiger partial charge in [-0.1, -0.05) is 33.6 Å². The molecule has 0 spiro atoms. The molecule has 0 radical (unpaired) electrons. The van der Waals surface area contributed by atoms with E-state index in [1.807, 2.05) is 13.8 Å². The molecule has 2 atom stereocenters. The van der Waals surface area contributed by atoms with Crippen molar-refractivity contribution in [3.63, 3.8) is 0 Å². The second-order valence-corrected chi connectivity index (χ2v) is 8.35. The van der Waals surface area contributed by atoms with Crippen LogP contribution in [0.4, 0.5) is 16.2 Å². The normalized spacial score (nSPS) is 22.6. The van der Waals surface area contributed by atoms with E-state index < -0.39 is 0 Å². The van der Waals surface area contributed by atoms with Crippen LogP contribution in [0.25, 0.3) is 0 Å². The average Bonchev–Trinajstić information content (AvgIpc) is 2.61. The molecule has 1 aromatic rings. The number of carbonyl (C=O) groups excluding carboxylic acids is 2. The Labute approximate surface area is 163 Å². The number of likely N-dealkylation sites (N-methyl/N-ethyl adjacent to an activating group) is 1. The molecular weight excluding hydrogens is 340 g/mol. The molecule has 150 valence electrons. The highest BCUT2D eigenvalue weighted by atomic mass is 16.2. The molecular formula is C21H34N4O2. The quantitative estimate of drug-likeness (QED) is 0.707. The molecule has 0 bridgehead atoms. The van der Waals surface area contributed by atoms with Crippen molar-refractivity contribution in [2.75, 3.05) is 31.3 Å². The summed E-state index contributed by atoms with van der Waals surface area (Å²) < 4.78 is 0. The molecule has 2 rings (SSSR count). The fourth-order valence-electron chi connectivity index (χ4n) is 3.70. The standard InChI is InChI=1S/C21H34N4O2/c1-15(2)19(26)23-17-8-10-18(11-9-17)24-20(27)22-14-21(25(4)5)12-6-7-16(3)13-21/h8-11,15-16H,6-7,12-14H2,1-5H3,(H,23,26)(H2,22,24,27)/t16-,21-/m1/s1. The molecule has 1 fully saturated rings. The highest BCUT2D eigenvalue weighted by Crippen LogP contribution is 2.35. The van der Waals surface area contributed by atoms with Crippen LogP contribution in [0, 0.1) is 11.8 Å². The minimum absolute atomic E-state index is 0.0239. The number of rotatable bonds is 6. The molecule has 0 heterocycles. The number of hydrogen-bond acceptors (Lipinski definition) is 3. The van der Waals surface area contributed by atoms with Gasteiger partial charge < -0.3 is 20.9 Å². The van der Waals surface area contributed by atoms with Crippen LogP contribution in [-0.4, -0.2) is 43.0 Å². The molecule has 1 aliphatic carbocycles. The van der Waals surface area contributed by atoms with Crippen molar-refractivity contribution >= 4 is 23.3 Å². The van der Waals surface area contributed by atoms with Gasteiger partial charge in [0.1, 0.15) is 0 Å². The Hall–Kier alpha value is -2.08. The van der Waals surface area contributed by atoms with Crippen LogP contribution in [0.15, 0.2) is 24.3 Å². The van der Waals surface area contributed by atoms with Gasteiger partial charge in [0.15, 0.2) is 0 Å². The van der Waals surface area contributed by atoms with E-state index in [2.05, 4.69) is 41.9 Å². The van der Waals surface area contributed by atoms with Gasteiger partial charge in [0.05, 0.1) is 0 Å². The third kappa shape index (κ3) is 5.96. The van der Waals surface area contributed by atoms with Gasteiger partial charge in [-0.05, 0) is 57.1 Å². The molecule has 1 aliphatic rings. The summed E-state index contributed by atoms with van der Waals surface area (Å²) in [6.45, 7) is 6.63. The van der Waals surface area contributed by atoms with E-state index >= 15 is 0 Å². The lowest BCUT2D eigenvalue weighted by atomic mass is 9.75. The van der Waals surface area contributed by atoms with Gasteiger partial charge in [0.2, 0.25) is 5.91 Å². The molecule has 3 N–H and O–H groups in total. The van der Waals surface area contributed by atoms with Crippen LogP contribution < -0.4 is 16.0 Å². The number of benzene rings is 1. The van der Waals surface area contributed by atoms with Crippen molar-refractivity contribution in [2.45, 2.75) is 52.0 Å². The first kappa shape index (κ1) is 21.2. The minimum atomic E-state index is -0.201. The van der Waals surface area contributed by atoms with Gasteiger partial charge in [-0.15, -0.1) is 0 Å². The summed E-state index contributed by atoms with van der Waals surface area (Å²) in [5.74, 6) is 0.587. The lowest BCUT2D eigenvalue weighted by Crippen LogP contribution is -2.55. The Kier molecular flexibility index (Phi) is 7.25. The molecule has 6 heteroatoms. The second kappa shape index (κ2) is 9.22. The van der Waals surface area contributed by atoms with Gasteiger partial charge in [-0.2, -0.15) is 0 Å². The molecule has 0 saturated heterocycles. The Morgan fingerprint density at radius 1 is 1.15 bits per heavy atom. The topological polar surface area (TPSA) is 73.5 Å². The maximum Gasteiger partial charge on any atom is 0.319 e. The predicted molar refractivity (Wildman–Crippen MR) is 111 cm³/mol. The fourth-order valence-corrected chi connectivity index (χ4v) is 3.70. The Morgan fingerprint density at radius 3 is 2.26 bits per heavy atom. The van der Waals surface area contributed by atoms with Gasteiger partial charge in [-0.3, -0.25) is 4.79 Å². The third-order valence-electron chi connectivity index (χ3n) is 5.53. The second-order valence-electron chi connectivity index (χ2n) is 8.35. The summed E-state index contributed by atoms with van der Waals surface area (Å²) in [5.41, 5.74) is 1.45. The molecule has 1 aromatic carbocycles. The maximum atomic E-state index is 12.3. The number of carbonyl (C=O) groups is 2. The van der Waals surface area contributed by atoms with Crippen molar-refractivity contribution < 1.29 is 9.59 Å². The number of anilines is 2. The van der Waals surface area contributed by atoms with E-state index in [4.69, 9.17) is 0 Å². The van der Waals surface area contributed by atoms with Crippen molar-refractivity contribution in [2.24, 2.45) is 11.8 Å². The summed E-state index contributed by atoms with van der Waals surface area (Å²) in [7, 11) is 4.20. The smallest absolute Gasteiger partial charge is 0.319 e. The zero-order chi connectivity index (χ0) is 20.0. The first-order chi connectivity index (χ1) is 12.7. The van der Waals surface area contributed by atoms with E-state index in [-0.39, 0.29) is 23.4 Å². The van der Waals surface area contributed by atoms with Crippen LogP contribution in [0.1, 0.15) is 46.5 Å². The van der Waals surface area contributed by atoms with E-state index in [9.17, 15) is 9.59 Å². The number of amides is 3. The molecule has 27 heavy (non-hydrogen) atoms. The molecule has 0 aliphatic heterocycles. The summed E-state index contributed by atoms with van der Waals surface area (Å²) in [5, 5.41) is 8.75. The van der Waals surface area contributed by atoms with Crippen LogP contribution in [-0.2, 0) is 4.79 Å². The minimum Gasteiger partial charge on any atom is -0.336 e. The van der Waals surface area contributed by atoms with E-state index in [0.717, 1.165) is 18.5 Å². The predicted octanol–water partition coefficient (Wildman–Crippen LogP) is 3.91. The van der Waals surface area contributed by atoms with Gasteiger partial charge in [0, 0.05) is 29.4 Å². The van der Waals surface area contributed by atoms with E-state index in [0.29, 0.717) is 18.2 Å². The number of nitrogens with one attached hydrogen (secondary N) is 3. The van der Waals surface area contributed by atoms with Crippen molar-refractivity contribution in [1.29, 1.82) is 0 Å². The third-order valence-corrected chi connectivity index (χ3v) is 5.53. The molecule has 1 saturated carbocycles. The Morgan fingerprint density at radius 2 is 1.74 bits per heavy atom. The zero-order valence-electron chi connectivity index (χ0n) is 17.3. The van der Waals surface area contributed by atoms with Crippen LogP contribution in [0.5, 0.6) is 0 Å². The molecule has 0 unspecified atom stereocenters. The number of nitrogens with zero attached hydrogens (tertiary/aromatic N) is 1. The SMILES string of the molecule is CC(C)C(=O)Nc1ccc(NC(=O)NC[C@@]2(N(C)C)CCC[C@@H](C)C2)cc1. The Bertz CT molecular complexity index is 642. The lowest BCUT2D eigenvalue weighted by Gasteiger charge is -2.45. The number of urea groups is 1. The largest absolute Gasteiger partial charge is 0.336 e. The summed E-state index contributed by atoms with van der Waals surface area (Å²) in [4.78, 5) is 26.3. The lowest BCUT2D eigenvalue weighted by molar-refractivity contribution is -0.118. The number of hydrogen-bond donors (Lipinski definition) is 3. The van der Waals surface area contributed by atoms with Crippen LogP contribution >= 0.6 is 0 Å². The molecule has 3 amide bonds. The van der Waals surface area contributed by atoms with Gasteiger partial charge >= 0.3 is 6.03 Å². The van der Waals surface area contributed by atoms with Crippen LogP contribution in [0.2, 0.25) is 0 Å². The van der Waals surface area contributed by atoms with E-state index in [1.165, 1.54) is 12.8 Å². The highest BCUT2D eigenvalue weighted by Gasteiger charge is 2.37. The Balaban J connectivity index is 1.88. The highest BCUT2D eigenvalue weighted by molar-refractivity contribution is 5.93. The summed E-state index contributed by atoms with van der Waals surface area (Å²) in [6, 6.07) is 6.97. The fraction of sp³-hybridized carbons (Fsp3) is 0.619.